The number of thioether (sulfide) groups is 1. The summed E-state index contributed by atoms with van der Waals surface area (Å²) in [5.41, 5.74) is 7.02. The van der Waals surface area contributed by atoms with E-state index in [1.807, 2.05) is 32.0 Å². The van der Waals surface area contributed by atoms with Crippen molar-refractivity contribution in [1.82, 2.24) is 0 Å². The van der Waals surface area contributed by atoms with Crippen LogP contribution >= 0.6 is 27.7 Å². The van der Waals surface area contributed by atoms with Crippen LogP contribution < -0.4 is 5.73 Å². The van der Waals surface area contributed by atoms with Gasteiger partial charge in [-0.1, -0.05) is 22.9 Å². The van der Waals surface area contributed by atoms with Gasteiger partial charge >= 0.3 is 0 Å². The zero-order valence-corrected chi connectivity index (χ0v) is 11.3. The molecule has 0 aliphatic rings. The standard InChI is InChI=1S/C11H16BrNOS/c1-7(6-14)15-11-4-3-9(12)5-10(11)8(2)13/h3-5,7-8,14H,6,13H2,1-2H3. The third kappa shape index (κ3) is 3.79. The number of halogens is 1. The number of nitrogens with two attached hydrogens (primary N) is 1. The largest absolute Gasteiger partial charge is 0.395 e. The first-order chi connectivity index (χ1) is 7.04. The highest BCUT2D eigenvalue weighted by Gasteiger charge is 2.11. The van der Waals surface area contributed by atoms with Gasteiger partial charge in [-0.3, -0.25) is 0 Å². The van der Waals surface area contributed by atoms with Gasteiger partial charge in [0.15, 0.2) is 0 Å². The Balaban J connectivity index is 2.95. The molecule has 0 saturated carbocycles. The summed E-state index contributed by atoms with van der Waals surface area (Å²) in [6.07, 6.45) is 0. The smallest absolute Gasteiger partial charge is 0.0550 e. The molecule has 0 fully saturated rings. The summed E-state index contributed by atoms with van der Waals surface area (Å²) in [5, 5.41) is 9.22. The van der Waals surface area contributed by atoms with Gasteiger partial charge in [-0.2, -0.15) is 0 Å². The lowest BCUT2D eigenvalue weighted by atomic mass is 10.1. The number of aliphatic hydroxyl groups excluding tert-OH is 1. The number of hydrogen-bond donors (Lipinski definition) is 2. The Morgan fingerprint density at radius 1 is 1.47 bits per heavy atom. The topological polar surface area (TPSA) is 46.2 Å². The maximum absolute atomic E-state index is 9.02. The first-order valence-electron chi connectivity index (χ1n) is 4.87. The molecule has 0 bridgehead atoms. The molecule has 0 amide bonds. The summed E-state index contributed by atoms with van der Waals surface area (Å²) < 4.78 is 1.04. The fourth-order valence-electron chi connectivity index (χ4n) is 1.24. The van der Waals surface area contributed by atoms with E-state index in [4.69, 9.17) is 10.8 Å². The zero-order chi connectivity index (χ0) is 11.4. The van der Waals surface area contributed by atoms with Gasteiger partial charge < -0.3 is 10.8 Å². The van der Waals surface area contributed by atoms with E-state index >= 15 is 0 Å². The second-order valence-electron chi connectivity index (χ2n) is 3.58. The minimum atomic E-state index is 0.0101. The molecule has 4 heteroatoms. The van der Waals surface area contributed by atoms with Gasteiger partial charge in [0.2, 0.25) is 0 Å². The van der Waals surface area contributed by atoms with Gasteiger partial charge in [0.1, 0.15) is 0 Å². The third-order valence-electron chi connectivity index (χ3n) is 2.05. The van der Waals surface area contributed by atoms with Crippen LogP contribution in [0.4, 0.5) is 0 Å². The molecule has 0 aliphatic carbocycles. The fraction of sp³-hybridized carbons (Fsp3) is 0.455. The molecule has 3 N–H and O–H groups in total. The summed E-state index contributed by atoms with van der Waals surface area (Å²) in [6.45, 7) is 4.15. The lowest BCUT2D eigenvalue weighted by Crippen LogP contribution is -2.08. The molecule has 0 heterocycles. The summed E-state index contributed by atoms with van der Waals surface area (Å²) >= 11 is 5.09. The van der Waals surface area contributed by atoms with Crippen molar-refractivity contribution < 1.29 is 5.11 Å². The highest BCUT2D eigenvalue weighted by Crippen LogP contribution is 2.31. The van der Waals surface area contributed by atoms with Crippen molar-refractivity contribution in [3.05, 3.63) is 28.2 Å². The maximum Gasteiger partial charge on any atom is 0.0550 e. The fourth-order valence-corrected chi connectivity index (χ4v) is 2.65. The van der Waals surface area contributed by atoms with E-state index in [2.05, 4.69) is 15.9 Å². The minimum Gasteiger partial charge on any atom is -0.395 e. The van der Waals surface area contributed by atoms with Crippen LogP contribution in [0, 0.1) is 0 Å². The predicted octanol–water partition coefficient (Wildman–Crippen LogP) is 2.94. The lowest BCUT2D eigenvalue weighted by Gasteiger charge is -2.15. The van der Waals surface area contributed by atoms with Crippen LogP contribution in [0.3, 0.4) is 0 Å². The molecule has 1 rings (SSSR count). The van der Waals surface area contributed by atoms with E-state index in [0.717, 1.165) is 14.9 Å². The maximum atomic E-state index is 9.02. The SMILES string of the molecule is CC(CO)Sc1ccc(Br)cc1C(C)N. The normalized spacial score (nSPS) is 15.0. The lowest BCUT2D eigenvalue weighted by molar-refractivity contribution is 0.300. The Bertz CT molecular complexity index is 330. The quantitative estimate of drug-likeness (QED) is 0.838. The van der Waals surface area contributed by atoms with Gasteiger partial charge in [0, 0.05) is 20.7 Å². The zero-order valence-electron chi connectivity index (χ0n) is 8.90. The summed E-state index contributed by atoms with van der Waals surface area (Å²) in [5.74, 6) is 0. The van der Waals surface area contributed by atoms with Crippen LogP contribution in [0.2, 0.25) is 0 Å². The summed E-state index contributed by atoms with van der Waals surface area (Å²) in [4.78, 5) is 1.15. The number of hydrogen-bond acceptors (Lipinski definition) is 3. The molecule has 84 valence electrons. The van der Waals surface area contributed by atoms with Crippen molar-refractivity contribution in [3.8, 4) is 0 Å². The van der Waals surface area contributed by atoms with Crippen LogP contribution in [0.5, 0.6) is 0 Å². The molecular weight excluding hydrogens is 274 g/mol. The number of benzene rings is 1. The molecule has 0 aromatic heterocycles. The van der Waals surface area contributed by atoms with Crippen LogP contribution in [0.15, 0.2) is 27.6 Å². The van der Waals surface area contributed by atoms with Crippen molar-refractivity contribution in [3.63, 3.8) is 0 Å². The molecule has 1 aromatic carbocycles. The van der Waals surface area contributed by atoms with Gasteiger partial charge in [-0.25, -0.2) is 0 Å². The molecule has 2 atom stereocenters. The molecule has 2 unspecified atom stereocenters. The Morgan fingerprint density at radius 3 is 2.67 bits per heavy atom. The van der Waals surface area contributed by atoms with E-state index < -0.39 is 0 Å². The molecular formula is C11H16BrNOS. The van der Waals surface area contributed by atoms with Crippen molar-refractivity contribution in [2.75, 3.05) is 6.61 Å². The molecule has 15 heavy (non-hydrogen) atoms. The average Bonchev–Trinajstić information content (AvgIpc) is 2.20. The van der Waals surface area contributed by atoms with Gasteiger partial charge in [0.25, 0.3) is 0 Å². The van der Waals surface area contributed by atoms with E-state index in [1.165, 1.54) is 0 Å². The minimum absolute atomic E-state index is 0.0101. The molecule has 2 nitrogen and oxygen atoms in total. The molecule has 0 radical (unpaired) electrons. The third-order valence-corrected chi connectivity index (χ3v) is 3.72. The number of rotatable bonds is 4. The van der Waals surface area contributed by atoms with E-state index in [1.54, 1.807) is 11.8 Å². The molecule has 0 spiro atoms. The molecule has 1 aromatic rings. The second kappa shape index (κ2) is 5.89. The van der Waals surface area contributed by atoms with Crippen LogP contribution in [-0.4, -0.2) is 17.0 Å². The molecule has 0 saturated heterocycles. The first-order valence-corrected chi connectivity index (χ1v) is 6.54. The van der Waals surface area contributed by atoms with Crippen LogP contribution in [0.25, 0.3) is 0 Å². The van der Waals surface area contributed by atoms with E-state index in [9.17, 15) is 0 Å². The van der Waals surface area contributed by atoms with Crippen molar-refractivity contribution in [2.24, 2.45) is 5.73 Å². The number of aliphatic hydroxyl groups is 1. The average molecular weight is 290 g/mol. The van der Waals surface area contributed by atoms with Gasteiger partial charge in [0.05, 0.1) is 6.61 Å². The second-order valence-corrected chi connectivity index (χ2v) is 5.98. The van der Waals surface area contributed by atoms with Gasteiger partial charge in [-0.15, -0.1) is 11.8 Å². The Labute approximate surface area is 103 Å². The van der Waals surface area contributed by atoms with Crippen LogP contribution in [-0.2, 0) is 0 Å². The monoisotopic (exact) mass is 289 g/mol. The predicted molar refractivity (Wildman–Crippen MR) is 69.1 cm³/mol. The van der Waals surface area contributed by atoms with Gasteiger partial charge in [-0.05, 0) is 30.7 Å². The van der Waals surface area contributed by atoms with Crippen molar-refractivity contribution in [2.45, 2.75) is 30.0 Å². The highest BCUT2D eigenvalue weighted by molar-refractivity contribution is 9.10. The summed E-state index contributed by atoms with van der Waals surface area (Å²) in [6, 6.07) is 6.09. The first kappa shape index (κ1) is 13.0. The Hall–Kier alpha value is -0.0300. The Morgan fingerprint density at radius 2 is 2.13 bits per heavy atom. The molecule has 0 aliphatic heterocycles. The highest BCUT2D eigenvalue weighted by atomic mass is 79.9. The Kier molecular flexibility index (Phi) is 5.12. The van der Waals surface area contributed by atoms with Crippen LogP contribution in [0.1, 0.15) is 25.5 Å². The van der Waals surface area contributed by atoms with Crippen molar-refractivity contribution >= 4 is 27.7 Å². The van der Waals surface area contributed by atoms with E-state index in [0.29, 0.717) is 0 Å². The summed E-state index contributed by atoms with van der Waals surface area (Å²) in [7, 11) is 0. The van der Waals surface area contributed by atoms with Crippen molar-refractivity contribution in [1.29, 1.82) is 0 Å². The van der Waals surface area contributed by atoms with E-state index in [-0.39, 0.29) is 17.9 Å².